The van der Waals surface area contributed by atoms with Crippen molar-refractivity contribution in [3.63, 3.8) is 0 Å². The number of aryl methyl sites for hydroxylation is 2. The van der Waals surface area contributed by atoms with E-state index in [4.69, 9.17) is 0 Å². The van der Waals surface area contributed by atoms with E-state index in [1.54, 1.807) is 23.1 Å². The van der Waals surface area contributed by atoms with Crippen molar-refractivity contribution in [2.24, 2.45) is 0 Å². The number of pyridine rings is 1. The third-order valence-corrected chi connectivity index (χ3v) is 4.49. The Hall–Kier alpha value is -2.69. The number of rotatable bonds is 7. The van der Waals surface area contributed by atoms with Crippen LogP contribution in [0.15, 0.2) is 36.4 Å². The third-order valence-electron chi connectivity index (χ3n) is 4.49. The van der Waals surface area contributed by atoms with E-state index in [1.165, 1.54) is 0 Å². The van der Waals surface area contributed by atoms with Crippen LogP contribution in [0.4, 0.5) is 5.69 Å². The number of para-hydroxylation sites is 1. The zero-order valence-electron chi connectivity index (χ0n) is 16.0. The first-order chi connectivity index (χ1) is 12.5. The third kappa shape index (κ3) is 4.28. The highest BCUT2D eigenvalue weighted by molar-refractivity contribution is 6.04. The zero-order chi connectivity index (χ0) is 19.1. The van der Waals surface area contributed by atoms with Crippen molar-refractivity contribution in [2.75, 3.05) is 18.4 Å². The molecule has 1 aromatic heterocycles. The lowest BCUT2D eigenvalue weighted by Gasteiger charge is -2.18. The molecule has 0 saturated carbocycles. The van der Waals surface area contributed by atoms with Gasteiger partial charge in [0.15, 0.2) is 0 Å². The summed E-state index contributed by atoms with van der Waals surface area (Å²) in [6.45, 7) is 9.18. The standard InChI is InChI=1S/C21H27N3O2/c1-5-15-11-9-12-16(6-2)19(15)23-20(25)17-13-10-14-18(22-17)21(26)24(7-3)8-4/h9-14H,5-8H2,1-4H3,(H,23,25). The molecule has 5 nitrogen and oxygen atoms in total. The van der Waals surface area contributed by atoms with Crippen LogP contribution < -0.4 is 5.32 Å². The van der Waals surface area contributed by atoms with Gasteiger partial charge in [0.05, 0.1) is 0 Å². The van der Waals surface area contributed by atoms with Crippen molar-refractivity contribution >= 4 is 17.5 Å². The first kappa shape index (κ1) is 19.6. The monoisotopic (exact) mass is 353 g/mol. The van der Waals surface area contributed by atoms with E-state index in [0.29, 0.717) is 18.8 Å². The molecule has 0 spiro atoms. The fourth-order valence-electron chi connectivity index (χ4n) is 2.93. The second-order valence-corrected chi connectivity index (χ2v) is 6.00. The van der Waals surface area contributed by atoms with Crippen LogP contribution in [0.5, 0.6) is 0 Å². The smallest absolute Gasteiger partial charge is 0.274 e. The maximum absolute atomic E-state index is 12.7. The predicted octanol–water partition coefficient (Wildman–Crippen LogP) is 3.94. The Labute approximate surface area is 155 Å². The molecule has 0 radical (unpaired) electrons. The van der Waals surface area contributed by atoms with Gasteiger partial charge >= 0.3 is 0 Å². The molecule has 0 aliphatic carbocycles. The van der Waals surface area contributed by atoms with Crippen molar-refractivity contribution in [3.8, 4) is 0 Å². The molecule has 0 bridgehead atoms. The van der Waals surface area contributed by atoms with Crippen molar-refractivity contribution < 1.29 is 9.59 Å². The van der Waals surface area contributed by atoms with Gasteiger partial charge in [-0.05, 0) is 49.9 Å². The fraction of sp³-hybridized carbons (Fsp3) is 0.381. The second-order valence-electron chi connectivity index (χ2n) is 6.00. The zero-order valence-corrected chi connectivity index (χ0v) is 16.0. The normalized spacial score (nSPS) is 10.5. The van der Waals surface area contributed by atoms with E-state index in [0.717, 1.165) is 29.7 Å². The Kier molecular flexibility index (Phi) is 6.89. The largest absolute Gasteiger partial charge is 0.338 e. The number of nitrogens with zero attached hydrogens (tertiary/aromatic N) is 2. The Morgan fingerprint density at radius 1 is 0.885 bits per heavy atom. The SMILES string of the molecule is CCc1cccc(CC)c1NC(=O)c1cccc(C(=O)N(CC)CC)n1. The lowest BCUT2D eigenvalue weighted by molar-refractivity contribution is 0.0767. The number of carbonyl (C=O) groups is 2. The summed E-state index contributed by atoms with van der Waals surface area (Å²) in [5.41, 5.74) is 3.57. The van der Waals surface area contributed by atoms with Gasteiger partial charge in [-0.25, -0.2) is 4.98 Å². The van der Waals surface area contributed by atoms with Gasteiger partial charge < -0.3 is 10.2 Å². The van der Waals surface area contributed by atoms with Crippen LogP contribution in [-0.4, -0.2) is 34.8 Å². The minimum atomic E-state index is -0.296. The van der Waals surface area contributed by atoms with Gasteiger partial charge in [-0.1, -0.05) is 38.1 Å². The number of nitrogens with one attached hydrogen (secondary N) is 1. The van der Waals surface area contributed by atoms with Gasteiger partial charge in [0, 0.05) is 18.8 Å². The maximum Gasteiger partial charge on any atom is 0.274 e. The van der Waals surface area contributed by atoms with Gasteiger partial charge in [0.25, 0.3) is 11.8 Å². The average molecular weight is 353 g/mol. The van der Waals surface area contributed by atoms with Crippen molar-refractivity contribution in [1.82, 2.24) is 9.88 Å². The quantitative estimate of drug-likeness (QED) is 0.820. The summed E-state index contributed by atoms with van der Waals surface area (Å²) in [6.07, 6.45) is 1.66. The highest BCUT2D eigenvalue weighted by Gasteiger charge is 2.17. The molecule has 0 aliphatic heterocycles. The number of anilines is 1. The molecule has 5 heteroatoms. The summed E-state index contributed by atoms with van der Waals surface area (Å²) in [5, 5.41) is 2.99. The van der Waals surface area contributed by atoms with E-state index >= 15 is 0 Å². The van der Waals surface area contributed by atoms with E-state index in [2.05, 4.69) is 24.1 Å². The Balaban J connectivity index is 2.29. The molecular formula is C21H27N3O2. The Morgan fingerprint density at radius 2 is 1.42 bits per heavy atom. The van der Waals surface area contributed by atoms with E-state index in [-0.39, 0.29) is 17.5 Å². The minimum absolute atomic E-state index is 0.159. The number of hydrogen-bond acceptors (Lipinski definition) is 3. The molecule has 2 amide bonds. The molecule has 2 rings (SSSR count). The van der Waals surface area contributed by atoms with Gasteiger partial charge in [-0.2, -0.15) is 0 Å². The summed E-state index contributed by atoms with van der Waals surface area (Å²) in [5.74, 6) is -0.456. The molecule has 0 fully saturated rings. The van der Waals surface area contributed by atoms with Crippen LogP contribution in [0, 0.1) is 0 Å². The van der Waals surface area contributed by atoms with Crippen LogP contribution in [0.3, 0.4) is 0 Å². The summed E-state index contributed by atoms with van der Waals surface area (Å²) in [7, 11) is 0. The van der Waals surface area contributed by atoms with Gasteiger partial charge in [-0.15, -0.1) is 0 Å². The summed E-state index contributed by atoms with van der Waals surface area (Å²) in [6, 6.07) is 11.0. The molecule has 0 aliphatic rings. The van der Waals surface area contributed by atoms with Crippen LogP contribution in [-0.2, 0) is 12.8 Å². The number of hydrogen-bond donors (Lipinski definition) is 1. The Morgan fingerprint density at radius 3 is 1.96 bits per heavy atom. The summed E-state index contributed by atoms with van der Waals surface area (Å²) in [4.78, 5) is 31.2. The number of benzene rings is 1. The lowest BCUT2D eigenvalue weighted by Crippen LogP contribution is -2.31. The Bertz CT molecular complexity index is 760. The molecule has 2 aromatic rings. The summed E-state index contributed by atoms with van der Waals surface area (Å²) >= 11 is 0. The van der Waals surface area contributed by atoms with Crippen molar-refractivity contribution in [3.05, 3.63) is 58.9 Å². The van der Waals surface area contributed by atoms with Crippen LogP contribution >= 0.6 is 0 Å². The maximum atomic E-state index is 12.7. The molecule has 0 unspecified atom stereocenters. The van der Waals surface area contributed by atoms with Crippen LogP contribution in [0.25, 0.3) is 0 Å². The topological polar surface area (TPSA) is 62.3 Å². The molecule has 1 heterocycles. The number of amides is 2. The van der Waals surface area contributed by atoms with Gasteiger partial charge in [-0.3, -0.25) is 9.59 Å². The fourth-order valence-corrected chi connectivity index (χ4v) is 2.93. The van der Waals surface area contributed by atoms with Crippen molar-refractivity contribution in [2.45, 2.75) is 40.5 Å². The average Bonchev–Trinajstić information content (AvgIpc) is 2.69. The van der Waals surface area contributed by atoms with Crippen LogP contribution in [0.2, 0.25) is 0 Å². The number of carbonyl (C=O) groups excluding carboxylic acids is 2. The first-order valence-electron chi connectivity index (χ1n) is 9.24. The molecule has 26 heavy (non-hydrogen) atoms. The van der Waals surface area contributed by atoms with E-state index in [1.807, 2.05) is 32.0 Å². The second kappa shape index (κ2) is 9.13. The molecule has 138 valence electrons. The predicted molar refractivity (Wildman–Crippen MR) is 105 cm³/mol. The van der Waals surface area contributed by atoms with Crippen molar-refractivity contribution in [1.29, 1.82) is 0 Å². The highest BCUT2D eigenvalue weighted by Crippen LogP contribution is 2.23. The first-order valence-corrected chi connectivity index (χ1v) is 9.24. The minimum Gasteiger partial charge on any atom is -0.338 e. The van der Waals surface area contributed by atoms with Gasteiger partial charge in [0.2, 0.25) is 0 Å². The summed E-state index contributed by atoms with van der Waals surface area (Å²) < 4.78 is 0. The lowest BCUT2D eigenvalue weighted by atomic mass is 10.0. The molecule has 0 atom stereocenters. The molecule has 1 N–H and O–H groups in total. The highest BCUT2D eigenvalue weighted by atomic mass is 16.2. The van der Waals surface area contributed by atoms with E-state index in [9.17, 15) is 9.59 Å². The molecular weight excluding hydrogens is 326 g/mol. The number of aromatic nitrogens is 1. The van der Waals surface area contributed by atoms with Crippen LogP contribution in [0.1, 0.15) is 59.8 Å². The van der Waals surface area contributed by atoms with E-state index < -0.39 is 0 Å². The molecule has 1 aromatic carbocycles. The van der Waals surface area contributed by atoms with Gasteiger partial charge in [0.1, 0.15) is 11.4 Å². The molecule has 0 saturated heterocycles.